The molecule has 2 aliphatic heterocycles. The molecule has 3 heterocycles. The minimum absolute atomic E-state index is 0.0181. The van der Waals surface area contributed by atoms with Crippen LogP contribution >= 0.6 is 11.3 Å². The van der Waals surface area contributed by atoms with Gasteiger partial charge in [0.2, 0.25) is 5.91 Å². The van der Waals surface area contributed by atoms with E-state index in [0.29, 0.717) is 13.0 Å². The lowest BCUT2D eigenvalue weighted by atomic mass is 9.92. The van der Waals surface area contributed by atoms with Gasteiger partial charge in [-0.15, -0.1) is 11.3 Å². The molecule has 4 rings (SSSR count). The zero-order valence-corrected chi connectivity index (χ0v) is 15.2. The summed E-state index contributed by atoms with van der Waals surface area (Å²) in [6, 6.07) is 8.21. The van der Waals surface area contributed by atoms with E-state index in [1.165, 1.54) is 4.90 Å². The summed E-state index contributed by atoms with van der Waals surface area (Å²) in [4.78, 5) is 20.5. The summed E-state index contributed by atoms with van der Waals surface area (Å²) in [5, 5.41) is 3.16. The van der Waals surface area contributed by atoms with E-state index in [-0.39, 0.29) is 11.9 Å². The van der Waals surface area contributed by atoms with Crippen LogP contribution in [-0.4, -0.2) is 30.9 Å². The molecule has 0 saturated carbocycles. The summed E-state index contributed by atoms with van der Waals surface area (Å²) in [6.45, 7) is 2.50. The normalized spacial score (nSPS) is 22.0. The molecule has 1 aromatic carbocycles. The van der Waals surface area contributed by atoms with E-state index in [2.05, 4.69) is 22.4 Å². The van der Waals surface area contributed by atoms with Gasteiger partial charge in [0.25, 0.3) is 0 Å². The maximum Gasteiger partial charge on any atom is 0.231 e. The van der Waals surface area contributed by atoms with E-state index < -0.39 is 5.54 Å². The second-order valence-corrected chi connectivity index (χ2v) is 7.71. The standard InChI is InChI=1S/C18H20N4O2S/c1-18(8-16(23)22(3)17(19)21-18)15-7-12-11-6-10(20-2)4-5-13(11)24-9-14(12)25-15/h4-7,20H,8-9H2,1-3H3,(H2,19,21)/t18-/m0/s1. The highest BCUT2D eigenvalue weighted by Gasteiger charge is 2.38. The molecule has 0 fully saturated rings. The number of rotatable bonds is 2. The number of ether oxygens (including phenoxy) is 1. The summed E-state index contributed by atoms with van der Waals surface area (Å²) in [5.74, 6) is 1.12. The lowest BCUT2D eigenvalue weighted by Crippen LogP contribution is -2.47. The van der Waals surface area contributed by atoms with Crippen molar-refractivity contribution >= 4 is 28.9 Å². The van der Waals surface area contributed by atoms with Crippen molar-refractivity contribution in [3.05, 3.63) is 34.0 Å². The van der Waals surface area contributed by atoms with Crippen LogP contribution in [0.1, 0.15) is 23.1 Å². The predicted octanol–water partition coefficient (Wildman–Crippen LogP) is 2.74. The Morgan fingerprint density at radius 1 is 1.36 bits per heavy atom. The molecule has 0 spiro atoms. The van der Waals surface area contributed by atoms with Gasteiger partial charge in [0.15, 0.2) is 5.96 Å². The predicted molar refractivity (Wildman–Crippen MR) is 100.0 cm³/mol. The second kappa shape index (κ2) is 5.49. The van der Waals surface area contributed by atoms with Crippen molar-refractivity contribution in [3.8, 4) is 16.9 Å². The van der Waals surface area contributed by atoms with E-state index >= 15 is 0 Å². The first kappa shape index (κ1) is 16.0. The number of guanidine groups is 1. The Morgan fingerprint density at radius 2 is 2.16 bits per heavy atom. The number of hydrogen-bond donors (Lipinski definition) is 2. The molecule has 25 heavy (non-hydrogen) atoms. The molecule has 0 aliphatic carbocycles. The van der Waals surface area contributed by atoms with Crippen molar-refractivity contribution in [1.29, 1.82) is 0 Å². The average molecular weight is 356 g/mol. The molecule has 2 aliphatic rings. The number of nitrogens with zero attached hydrogens (tertiary/aromatic N) is 2. The molecule has 1 aromatic heterocycles. The summed E-state index contributed by atoms with van der Waals surface area (Å²) in [6.07, 6.45) is 0.313. The zero-order valence-electron chi connectivity index (χ0n) is 14.4. The van der Waals surface area contributed by atoms with Gasteiger partial charge in [0, 0.05) is 35.8 Å². The molecule has 1 atom stereocenters. The average Bonchev–Trinajstić information content (AvgIpc) is 3.05. The third-order valence-corrected chi connectivity index (χ3v) is 6.19. The van der Waals surface area contributed by atoms with E-state index in [4.69, 9.17) is 10.5 Å². The van der Waals surface area contributed by atoms with Crippen LogP contribution in [0.5, 0.6) is 5.75 Å². The quantitative estimate of drug-likeness (QED) is 0.867. The van der Waals surface area contributed by atoms with Crippen molar-refractivity contribution in [1.82, 2.24) is 4.90 Å². The van der Waals surface area contributed by atoms with Crippen LogP contribution in [0.25, 0.3) is 11.1 Å². The van der Waals surface area contributed by atoms with Gasteiger partial charge in [0.05, 0.1) is 11.3 Å². The number of hydrogen-bond acceptors (Lipinski definition) is 6. The van der Waals surface area contributed by atoms with Crippen molar-refractivity contribution in [2.24, 2.45) is 10.7 Å². The molecule has 0 saturated heterocycles. The minimum atomic E-state index is -0.629. The highest BCUT2D eigenvalue weighted by atomic mass is 32.1. The first-order valence-electron chi connectivity index (χ1n) is 8.11. The van der Waals surface area contributed by atoms with Crippen LogP contribution in [0.3, 0.4) is 0 Å². The molecule has 3 N–H and O–H groups in total. The molecule has 2 aromatic rings. The number of aliphatic imine (C=N–C) groups is 1. The summed E-state index contributed by atoms with van der Waals surface area (Å²) in [7, 11) is 3.55. The van der Waals surface area contributed by atoms with Crippen LogP contribution < -0.4 is 15.8 Å². The third kappa shape index (κ3) is 2.46. The van der Waals surface area contributed by atoms with Gasteiger partial charge in [-0.3, -0.25) is 9.69 Å². The Morgan fingerprint density at radius 3 is 2.88 bits per heavy atom. The topological polar surface area (TPSA) is 80.0 Å². The van der Waals surface area contributed by atoms with Gasteiger partial charge in [0.1, 0.15) is 17.9 Å². The van der Waals surface area contributed by atoms with Gasteiger partial charge in [-0.2, -0.15) is 0 Å². The SMILES string of the molecule is CNc1ccc2c(c1)-c1cc([C@]3(C)CC(=O)N(C)C(N)=N3)sc1CO2. The van der Waals surface area contributed by atoms with Crippen LogP contribution in [-0.2, 0) is 16.9 Å². The molecular weight excluding hydrogens is 336 g/mol. The number of fused-ring (bicyclic) bond motifs is 3. The van der Waals surface area contributed by atoms with E-state index in [9.17, 15) is 4.79 Å². The Labute approximate surface area is 150 Å². The Kier molecular flexibility index (Phi) is 3.50. The second-order valence-electron chi connectivity index (χ2n) is 6.57. The highest BCUT2D eigenvalue weighted by molar-refractivity contribution is 7.12. The van der Waals surface area contributed by atoms with Crippen molar-refractivity contribution in [3.63, 3.8) is 0 Å². The van der Waals surface area contributed by atoms with Crippen LogP contribution in [0.2, 0.25) is 0 Å². The first-order chi connectivity index (χ1) is 11.9. The Bertz CT molecular complexity index is 904. The fourth-order valence-electron chi connectivity index (χ4n) is 3.24. The fourth-order valence-corrected chi connectivity index (χ4v) is 4.42. The van der Waals surface area contributed by atoms with Crippen LogP contribution in [0.15, 0.2) is 29.3 Å². The summed E-state index contributed by atoms with van der Waals surface area (Å²) < 4.78 is 5.89. The summed E-state index contributed by atoms with van der Waals surface area (Å²) in [5.41, 5.74) is 8.57. The molecule has 7 heteroatoms. The Hall–Kier alpha value is -2.54. The number of benzene rings is 1. The van der Waals surface area contributed by atoms with Gasteiger partial charge < -0.3 is 15.8 Å². The number of nitrogens with one attached hydrogen (secondary N) is 1. The number of nitrogens with two attached hydrogens (primary N) is 1. The molecule has 0 bridgehead atoms. The minimum Gasteiger partial charge on any atom is -0.487 e. The highest BCUT2D eigenvalue weighted by Crippen LogP contribution is 2.47. The van der Waals surface area contributed by atoms with Crippen molar-refractivity contribution in [2.75, 3.05) is 19.4 Å². The number of carbonyl (C=O) groups is 1. The lowest BCUT2D eigenvalue weighted by Gasteiger charge is -2.32. The van der Waals surface area contributed by atoms with E-state index in [0.717, 1.165) is 32.3 Å². The van der Waals surface area contributed by atoms with Crippen LogP contribution in [0.4, 0.5) is 5.69 Å². The van der Waals surface area contributed by atoms with Crippen molar-refractivity contribution in [2.45, 2.75) is 25.5 Å². The maximum absolute atomic E-state index is 12.3. The van der Waals surface area contributed by atoms with Crippen LogP contribution in [0, 0.1) is 0 Å². The number of anilines is 1. The van der Waals surface area contributed by atoms with Gasteiger partial charge >= 0.3 is 0 Å². The molecular formula is C18H20N4O2S. The monoisotopic (exact) mass is 356 g/mol. The lowest BCUT2D eigenvalue weighted by molar-refractivity contribution is -0.128. The summed E-state index contributed by atoms with van der Waals surface area (Å²) >= 11 is 1.64. The zero-order chi connectivity index (χ0) is 17.8. The van der Waals surface area contributed by atoms with Crippen molar-refractivity contribution < 1.29 is 9.53 Å². The fraction of sp³-hybridized carbons (Fsp3) is 0.333. The number of carbonyl (C=O) groups excluding carboxylic acids is 1. The molecule has 0 radical (unpaired) electrons. The molecule has 0 unspecified atom stereocenters. The van der Waals surface area contributed by atoms with E-state index in [1.54, 1.807) is 18.4 Å². The number of thiophene rings is 1. The molecule has 1 amide bonds. The molecule has 130 valence electrons. The van der Waals surface area contributed by atoms with Gasteiger partial charge in [-0.05, 0) is 31.2 Å². The largest absolute Gasteiger partial charge is 0.487 e. The van der Waals surface area contributed by atoms with Gasteiger partial charge in [-0.1, -0.05) is 0 Å². The number of amides is 1. The maximum atomic E-state index is 12.3. The Balaban J connectivity index is 1.81. The van der Waals surface area contributed by atoms with Gasteiger partial charge in [-0.25, -0.2) is 4.99 Å². The smallest absolute Gasteiger partial charge is 0.231 e. The van der Waals surface area contributed by atoms with E-state index in [1.807, 2.05) is 26.1 Å². The molecule has 6 nitrogen and oxygen atoms in total. The first-order valence-corrected chi connectivity index (χ1v) is 8.93. The third-order valence-electron chi connectivity index (χ3n) is 4.83.